The van der Waals surface area contributed by atoms with Gasteiger partial charge in [0.25, 0.3) is 0 Å². The van der Waals surface area contributed by atoms with Crippen molar-refractivity contribution in [2.24, 2.45) is 5.92 Å². The first-order valence-corrected chi connectivity index (χ1v) is 21.1. The van der Waals surface area contributed by atoms with Gasteiger partial charge >= 0.3 is 0 Å². The lowest BCUT2D eigenvalue weighted by Crippen LogP contribution is -2.21. The van der Waals surface area contributed by atoms with E-state index < -0.39 is 0 Å². The van der Waals surface area contributed by atoms with Crippen molar-refractivity contribution in [1.82, 2.24) is 0 Å². The van der Waals surface area contributed by atoms with Gasteiger partial charge in [0.15, 0.2) is 0 Å². The van der Waals surface area contributed by atoms with Crippen LogP contribution in [0.25, 0.3) is 55.3 Å². The third-order valence-corrected chi connectivity index (χ3v) is 12.8. The number of furan rings is 2. The number of anilines is 4. The number of allylic oxidation sites excluding steroid dienone is 5. The van der Waals surface area contributed by atoms with Gasteiger partial charge in [-0.2, -0.15) is 0 Å². The maximum atomic E-state index is 6.77. The largest absolute Gasteiger partial charge is 0.485 e. The van der Waals surface area contributed by atoms with E-state index in [1.807, 2.05) is 18.2 Å². The summed E-state index contributed by atoms with van der Waals surface area (Å²) in [6, 6.07) is 55.7. The van der Waals surface area contributed by atoms with Crippen LogP contribution in [0.3, 0.4) is 0 Å². The molecule has 4 aliphatic rings. The molecule has 13 rings (SSSR count). The van der Waals surface area contributed by atoms with Crippen LogP contribution in [0.2, 0.25) is 0 Å². The normalized spacial score (nSPS) is 17.5. The molecule has 61 heavy (non-hydrogen) atoms. The molecule has 0 N–H and O–H groups in total. The Hall–Kier alpha value is -7.76. The van der Waals surface area contributed by atoms with Gasteiger partial charge in [-0.15, -0.1) is 0 Å². The van der Waals surface area contributed by atoms with E-state index in [1.165, 1.54) is 33.0 Å². The number of rotatable bonds is 6. The summed E-state index contributed by atoms with van der Waals surface area (Å²) in [5.74, 6) is 2.16. The molecule has 290 valence electrons. The van der Waals surface area contributed by atoms with E-state index >= 15 is 0 Å². The maximum Gasteiger partial charge on any atom is 0.135 e. The van der Waals surface area contributed by atoms with E-state index in [-0.39, 0.29) is 12.0 Å². The Morgan fingerprint density at radius 1 is 0.508 bits per heavy atom. The summed E-state index contributed by atoms with van der Waals surface area (Å²) in [4.78, 5) is 4.70. The zero-order chi connectivity index (χ0) is 40.0. The monoisotopic (exact) mass is 786 g/mol. The van der Waals surface area contributed by atoms with Crippen LogP contribution in [0.4, 0.5) is 22.7 Å². The lowest BCUT2D eigenvalue weighted by Gasteiger charge is -2.31. The molecule has 1 aliphatic heterocycles. The average molecular weight is 787 g/mol. The van der Waals surface area contributed by atoms with Crippen LogP contribution in [0.1, 0.15) is 23.3 Å². The summed E-state index contributed by atoms with van der Waals surface area (Å²) in [5, 5.41) is 5.75. The molecule has 0 saturated carbocycles. The van der Waals surface area contributed by atoms with Crippen molar-refractivity contribution in [3.8, 4) is 5.75 Å². The average Bonchev–Trinajstić information content (AvgIpc) is 3.98. The fourth-order valence-corrected chi connectivity index (χ4v) is 9.91. The van der Waals surface area contributed by atoms with Gasteiger partial charge < -0.3 is 23.4 Å². The van der Waals surface area contributed by atoms with E-state index in [4.69, 9.17) is 13.6 Å². The zero-order valence-electron chi connectivity index (χ0n) is 33.2. The molecular formula is C56H38N2O3. The Labute approximate surface area is 352 Å². The molecule has 0 saturated heterocycles. The van der Waals surface area contributed by atoms with E-state index in [1.54, 1.807) is 0 Å². The van der Waals surface area contributed by atoms with Crippen molar-refractivity contribution in [3.05, 3.63) is 222 Å². The van der Waals surface area contributed by atoms with Crippen molar-refractivity contribution in [2.45, 2.75) is 18.9 Å². The second-order valence-corrected chi connectivity index (χ2v) is 16.4. The minimum absolute atomic E-state index is 0.0477. The highest BCUT2D eigenvalue weighted by Gasteiger charge is 2.32. The topological polar surface area (TPSA) is 42.0 Å². The zero-order valence-corrected chi connectivity index (χ0v) is 33.2. The van der Waals surface area contributed by atoms with Crippen LogP contribution in [0.5, 0.6) is 5.75 Å². The molecule has 0 spiro atoms. The van der Waals surface area contributed by atoms with Gasteiger partial charge in [0, 0.05) is 79.3 Å². The van der Waals surface area contributed by atoms with Gasteiger partial charge in [-0.05, 0) is 126 Å². The van der Waals surface area contributed by atoms with Gasteiger partial charge in [-0.1, -0.05) is 91.0 Å². The fraction of sp³-hybridized carbons (Fsp3) is 0.0714. The molecule has 2 atom stereocenters. The summed E-state index contributed by atoms with van der Waals surface area (Å²) < 4.78 is 19.3. The third kappa shape index (κ3) is 5.54. The Balaban J connectivity index is 0.874. The highest BCUT2D eigenvalue weighted by atomic mass is 16.5. The van der Waals surface area contributed by atoms with E-state index in [0.29, 0.717) is 0 Å². The standard InChI is InChI=1S/C56H38N2O3/c1-3-11-39(12-4-1)57(43-23-25-53-49(33-43)45-15-7-9-17-51(45)59-53)41-21-19-35-29-47-48-30-36-20-22-42(28-38(36)32-56(48)61-55(47)31-37(35)27-41)58(40-13-5-2-6-14-40)44-24-26-54-50(34-44)46-16-8-10-18-52(46)60-54/h1-25,27-28,30-35,54H,26,29H2. The molecule has 0 fully saturated rings. The van der Waals surface area contributed by atoms with Gasteiger partial charge in [-0.25, -0.2) is 0 Å². The minimum atomic E-state index is 0.0477. The van der Waals surface area contributed by atoms with Crippen LogP contribution in [0.15, 0.2) is 214 Å². The lowest BCUT2D eigenvalue weighted by molar-refractivity contribution is 0.278. The Kier molecular flexibility index (Phi) is 7.49. The number of benzene rings is 7. The first kappa shape index (κ1) is 34.1. The molecule has 9 aromatic rings. The first-order chi connectivity index (χ1) is 30.2. The Bertz CT molecular complexity index is 3420. The molecular weight excluding hydrogens is 749 g/mol. The molecule has 2 unspecified atom stereocenters. The number of fused-ring (bicyclic) bond motifs is 11. The van der Waals surface area contributed by atoms with E-state index in [0.717, 1.165) is 91.4 Å². The van der Waals surface area contributed by atoms with Crippen LogP contribution in [-0.2, 0) is 6.42 Å². The van der Waals surface area contributed by atoms with Crippen LogP contribution in [0, 0.1) is 5.92 Å². The van der Waals surface area contributed by atoms with Crippen molar-refractivity contribution in [3.63, 3.8) is 0 Å². The Morgan fingerprint density at radius 2 is 1.25 bits per heavy atom. The predicted molar refractivity (Wildman–Crippen MR) is 249 cm³/mol. The molecule has 3 aliphatic carbocycles. The van der Waals surface area contributed by atoms with Crippen LogP contribution >= 0.6 is 0 Å². The first-order valence-electron chi connectivity index (χ1n) is 21.1. The predicted octanol–water partition coefficient (Wildman–Crippen LogP) is 14.6. The molecule has 7 aromatic carbocycles. The highest BCUT2D eigenvalue weighted by Crippen LogP contribution is 2.46. The fourth-order valence-electron chi connectivity index (χ4n) is 9.91. The van der Waals surface area contributed by atoms with Crippen molar-refractivity contribution >= 4 is 78.1 Å². The van der Waals surface area contributed by atoms with E-state index in [2.05, 4.69) is 186 Å². The molecule has 3 heterocycles. The highest BCUT2D eigenvalue weighted by molar-refractivity contribution is 6.06. The SMILES string of the molecule is C1=CC2Cc3c(oc4cc5cc(N(C6=CCC7Oc8ccccc8C7=C6)c6ccccc6)ccc5cc34)C=C2C=C1N(c1ccccc1)c1ccc2oc3ccccc3c2c1. The molecule has 2 aromatic heterocycles. The van der Waals surface area contributed by atoms with Crippen LogP contribution in [-0.4, -0.2) is 6.10 Å². The molecule has 5 nitrogen and oxygen atoms in total. The summed E-state index contributed by atoms with van der Waals surface area (Å²) in [6.07, 6.45) is 15.6. The molecule has 0 amide bonds. The maximum absolute atomic E-state index is 6.77. The van der Waals surface area contributed by atoms with Crippen molar-refractivity contribution in [2.75, 3.05) is 9.80 Å². The van der Waals surface area contributed by atoms with Crippen LogP contribution < -0.4 is 14.5 Å². The molecule has 0 bridgehead atoms. The van der Waals surface area contributed by atoms with Gasteiger partial charge in [0.2, 0.25) is 0 Å². The summed E-state index contributed by atoms with van der Waals surface area (Å²) in [7, 11) is 0. The summed E-state index contributed by atoms with van der Waals surface area (Å²) >= 11 is 0. The molecule has 5 heteroatoms. The minimum Gasteiger partial charge on any atom is -0.485 e. The lowest BCUT2D eigenvalue weighted by atomic mass is 9.82. The van der Waals surface area contributed by atoms with Crippen molar-refractivity contribution in [1.29, 1.82) is 0 Å². The number of ether oxygens (including phenoxy) is 1. The van der Waals surface area contributed by atoms with Gasteiger partial charge in [-0.3, -0.25) is 0 Å². The quantitative estimate of drug-likeness (QED) is 0.168. The number of nitrogens with zero attached hydrogens (tertiary/aromatic N) is 2. The number of para-hydroxylation sites is 4. The number of hydrogen-bond acceptors (Lipinski definition) is 5. The third-order valence-electron chi connectivity index (χ3n) is 12.8. The second kappa shape index (κ2) is 13.4. The Morgan fingerprint density at radius 3 is 2.11 bits per heavy atom. The van der Waals surface area contributed by atoms with Gasteiger partial charge in [0.05, 0.1) is 0 Å². The number of hydrogen-bond donors (Lipinski definition) is 0. The smallest absolute Gasteiger partial charge is 0.135 e. The molecule has 0 radical (unpaired) electrons. The second-order valence-electron chi connectivity index (χ2n) is 16.4. The summed E-state index contributed by atoms with van der Waals surface area (Å²) in [6.45, 7) is 0. The van der Waals surface area contributed by atoms with E-state index in [9.17, 15) is 0 Å². The summed E-state index contributed by atoms with van der Waals surface area (Å²) in [5.41, 5.74) is 14.3. The van der Waals surface area contributed by atoms with Crippen molar-refractivity contribution < 1.29 is 13.6 Å². The van der Waals surface area contributed by atoms with Gasteiger partial charge in [0.1, 0.15) is 34.4 Å².